The van der Waals surface area contributed by atoms with Gasteiger partial charge in [-0.15, -0.1) is 0 Å². The molecule has 3 atom stereocenters. The van der Waals surface area contributed by atoms with E-state index in [2.05, 4.69) is 141 Å². The van der Waals surface area contributed by atoms with Crippen molar-refractivity contribution in [1.29, 1.82) is 0 Å². The topological polar surface area (TPSA) is 108 Å². The molecule has 78 heavy (non-hydrogen) atoms. The first kappa shape index (κ1) is 74.6. The third-order valence-corrected chi connectivity index (χ3v) is 14.3. The number of amides is 1. The van der Waals surface area contributed by atoms with Crippen LogP contribution in [0.5, 0.6) is 0 Å². The Morgan fingerprint density at radius 1 is 0.462 bits per heavy atom. The number of hydrogen-bond donors (Lipinski definition) is 2. The number of quaternary nitrogens is 1. The molecule has 0 bridgehead atoms. The van der Waals surface area contributed by atoms with Gasteiger partial charge in [0.05, 0.1) is 39.9 Å². The molecule has 0 fully saturated rings. The predicted molar refractivity (Wildman–Crippen MR) is 338 cm³/mol. The number of nitrogens with zero attached hydrogens (tertiary/aromatic N) is 1. The third kappa shape index (κ3) is 60.3. The molecule has 0 rings (SSSR count). The molecule has 0 radical (unpaired) electrons. The van der Waals surface area contributed by atoms with Crippen LogP contribution < -0.4 is 10.2 Å². The van der Waals surface area contributed by atoms with Gasteiger partial charge in [0, 0.05) is 6.42 Å². The van der Waals surface area contributed by atoms with Crippen LogP contribution >= 0.6 is 7.82 Å². The van der Waals surface area contributed by atoms with Crippen molar-refractivity contribution in [2.45, 2.75) is 257 Å². The van der Waals surface area contributed by atoms with Crippen LogP contribution in [0.3, 0.4) is 0 Å². The molecule has 0 aliphatic carbocycles. The second-order valence-corrected chi connectivity index (χ2v) is 23.4. The van der Waals surface area contributed by atoms with E-state index in [-0.39, 0.29) is 12.5 Å². The molecule has 9 heteroatoms. The number of rotatable bonds is 56. The fourth-order valence-electron chi connectivity index (χ4n) is 8.44. The number of carbonyl (C=O) groups is 1. The molecule has 0 aliphatic rings. The van der Waals surface area contributed by atoms with Crippen LogP contribution in [0.4, 0.5) is 0 Å². The summed E-state index contributed by atoms with van der Waals surface area (Å²) in [6, 6.07) is -0.916. The second kappa shape index (κ2) is 58.3. The highest BCUT2D eigenvalue weighted by Gasteiger charge is 2.23. The molecule has 0 spiro atoms. The Kier molecular flexibility index (Phi) is 55.8. The SMILES string of the molecule is CC/C=C\C/C=C\C/C=C\C/C=C\C/C=C\C/C=C\C/C=C\C/C=C\CCCCCCCCCCCCCCCCCCC(=O)NC(COP(=O)([O-])OCC[N+](C)(C)C)C(O)/C=C/CC/C=C/CC/C=C/CCCCCCC. The summed E-state index contributed by atoms with van der Waals surface area (Å²) >= 11 is 0. The van der Waals surface area contributed by atoms with E-state index in [1.807, 2.05) is 27.2 Å². The van der Waals surface area contributed by atoms with Crippen molar-refractivity contribution in [1.82, 2.24) is 5.32 Å². The standard InChI is InChI=1S/C69H119N2O6P/c1-6-8-10-12-14-16-18-20-22-23-24-25-26-27-28-29-30-31-32-33-34-35-36-37-38-39-40-41-42-43-44-45-46-47-49-51-53-55-57-59-61-63-69(73)70-67(66-77-78(74,75)76-65-64-71(3,4)5)68(72)62-60-58-56-54-52-50-48-21-19-17-15-13-11-9-7-2/h8,10,14,16,19-22,24-25,27-28,30-31,33-34,36-37,52,54,60,62,67-68,72H,6-7,9,11-13,15,17-18,23,26,29,32,35,38-51,53,55-59,61,63-66H2,1-5H3,(H-,70,73,74,75)/b10-8-,16-14-,21-19+,22-20-,25-24-,28-27-,31-30-,34-33-,37-36-,54-52+,62-60+. The van der Waals surface area contributed by atoms with E-state index in [1.54, 1.807) is 6.08 Å². The summed E-state index contributed by atoms with van der Waals surface area (Å²) in [7, 11) is 1.22. The minimum Gasteiger partial charge on any atom is -0.756 e. The summed E-state index contributed by atoms with van der Waals surface area (Å²) in [4.78, 5) is 25.5. The molecule has 0 heterocycles. The van der Waals surface area contributed by atoms with Crippen molar-refractivity contribution in [3.05, 3.63) is 134 Å². The molecule has 0 saturated carbocycles. The van der Waals surface area contributed by atoms with E-state index in [1.165, 1.54) is 128 Å². The molecular formula is C69H119N2O6P. The first-order valence-electron chi connectivity index (χ1n) is 31.5. The molecule has 3 unspecified atom stereocenters. The first-order chi connectivity index (χ1) is 38.0. The first-order valence-corrected chi connectivity index (χ1v) is 33.0. The van der Waals surface area contributed by atoms with Crippen molar-refractivity contribution in [3.8, 4) is 0 Å². The Morgan fingerprint density at radius 3 is 1.19 bits per heavy atom. The predicted octanol–water partition coefficient (Wildman–Crippen LogP) is 19.2. The molecular weight excluding hydrogens is 984 g/mol. The van der Waals surface area contributed by atoms with Crippen LogP contribution in [0.1, 0.15) is 245 Å². The van der Waals surface area contributed by atoms with Gasteiger partial charge in [0.2, 0.25) is 5.91 Å². The third-order valence-electron chi connectivity index (χ3n) is 13.3. The lowest BCUT2D eigenvalue weighted by molar-refractivity contribution is -0.870. The van der Waals surface area contributed by atoms with E-state index in [0.29, 0.717) is 17.4 Å². The van der Waals surface area contributed by atoms with E-state index in [9.17, 15) is 19.4 Å². The molecule has 0 aromatic heterocycles. The number of nitrogens with one attached hydrogen (secondary N) is 1. The van der Waals surface area contributed by atoms with Crippen molar-refractivity contribution < 1.29 is 32.9 Å². The number of phosphoric ester groups is 1. The van der Waals surface area contributed by atoms with Gasteiger partial charge in [0.25, 0.3) is 7.82 Å². The normalized spacial score (nSPS) is 14.7. The highest BCUT2D eigenvalue weighted by atomic mass is 31.2. The second-order valence-electron chi connectivity index (χ2n) is 22.0. The van der Waals surface area contributed by atoms with Crippen molar-refractivity contribution in [2.24, 2.45) is 0 Å². The number of likely N-dealkylation sites (N-methyl/N-ethyl adjacent to an activating group) is 1. The average molecular weight is 1100 g/mol. The summed E-state index contributed by atoms with van der Waals surface area (Å²) in [6.07, 6.45) is 88.4. The fourth-order valence-corrected chi connectivity index (χ4v) is 9.16. The minimum absolute atomic E-state index is 0.0136. The zero-order valence-corrected chi connectivity index (χ0v) is 51.7. The molecule has 2 N–H and O–H groups in total. The Balaban J connectivity index is 4.04. The van der Waals surface area contributed by atoms with Crippen LogP contribution in [0, 0.1) is 0 Å². The zero-order valence-electron chi connectivity index (χ0n) is 50.8. The van der Waals surface area contributed by atoms with Gasteiger partial charge < -0.3 is 28.8 Å². The van der Waals surface area contributed by atoms with Crippen LogP contribution in [-0.2, 0) is 18.4 Å². The molecule has 1 amide bonds. The quantitative estimate of drug-likeness (QED) is 0.0272. The summed E-state index contributed by atoms with van der Waals surface area (Å²) in [5, 5.41) is 13.8. The van der Waals surface area contributed by atoms with Gasteiger partial charge >= 0.3 is 0 Å². The highest BCUT2D eigenvalue weighted by molar-refractivity contribution is 7.45. The highest BCUT2D eigenvalue weighted by Crippen LogP contribution is 2.38. The van der Waals surface area contributed by atoms with Gasteiger partial charge in [-0.3, -0.25) is 9.36 Å². The summed E-state index contributed by atoms with van der Waals surface area (Å²) in [5.41, 5.74) is 0. The minimum atomic E-state index is -4.61. The number of aliphatic hydroxyl groups is 1. The Morgan fingerprint density at radius 2 is 0.795 bits per heavy atom. The van der Waals surface area contributed by atoms with Crippen molar-refractivity contribution in [3.63, 3.8) is 0 Å². The molecule has 446 valence electrons. The Labute approximate surface area is 481 Å². The van der Waals surface area contributed by atoms with Crippen molar-refractivity contribution >= 4 is 13.7 Å². The van der Waals surface area contributed by atoms with E-state index >= 15 is 0 Å². The van der Waals surface area contributed by atoms with E-state index in [4.69, 9.17) is 9.05 Å². The maximum absolute atomic E-state index is 13.0. The Bertz CT molecular complexity index is 1730. The van der Waals surface area contributed by atoms with E-state index < -0.39 is 26.6 Å². The lowest BCUT2D eigenvalue weighted by Gasteiger charge is -2.29. The Hall–Kier alpha value is -3.36. The number of hydrogen-bond acceptors (Lipinski definition) is 6. The molecule has 0 aliphatic heterocycles. The van der Waals surface area contributed by atoms with Gasteiger partial charge in [-0.2, -0.15) is 0 Å². The van der Waals surface area contributed by atoms with Gasteiger partial charge in [-0.1, -0.05) is 263 Å². The lowest BCUT2D eigenvalue weighted by atomic mass is 10.0. The summed E-state index contributed by atoms with van der Waals surface area (Å²) in [5.74, 6) is -0.215. The smallest absolute Gasteiger partial charge is 0.268 e. The van der Waals surface area contributed by atoms with Crippen molar-refractivity contribution in [2.75, 3.05) is 40.9 Å². The summed E-state index contributed by atoms with van der Waals surface area (Å²) in [6.45, 7) is 4.48. The number of carbonyl (C=O) groups excluding carboxylic acids is 1. The number of aliphatic hydroxyl groups excluding tert-OH is 1. The van der Waals surface area contributed by atoms with E-state index in [0.717, 1.165) is 96.3 Å². The molecule has 0 aromatic rings. The van der Waals surface area contributed by atoms with Gasteiger partial charge in [-0.25, -0.2) is 0 Å². The maximum atomic E-state index is 13.0. The molecule has 8 nitrogen and oxygen atoms in total. The molecule has 0 saturated heterocycles. The largest absolute Gasteiger partial charge is 0.756 e. The molecule has 0 aromatic carbocycles. The number of allylic oxidation sites excluding steroid dienone is 21. The monoisotopic (exact) mass is 1100 g/mol. The summed E-state index contributed by atoms with van der Waals surface area (Å²) < 4.78 is 23.3. The zero-order chi connectivity index (χ0) is 57.0. The van der Waals surface area contributed by atoms with Crippen LogP contribution in [0.15, 0.2) is 134 Å². The average Bonchev–Trinajstić information content (AvgIpc) is 3.41. The van der Waals surface area contributed by atoms with Crippen LogP contribution in [0.2, 0.25) is 0 Å². The van der Waals surface area contributed by atoms with Crippen LogP contribution in [0.25, 0.3) is 0 Å². The lowest BCUT2D eigenvalue weighted by Crippen LogP contribution is -2.45. The van der Waals surface area contributed by atoms with Crippen LogP contribution in [-0.4, -0.2) is 68.5 Å². The number of unbranched alkanes of at least 4 members (excludes halogenated alkanes) is 23. The fraction of sp³-hybridized carbons (Fsp3) is 0.667. The number of phosphoric acid groups is 1. The van der Waals surface area contributed by atoms with Gasteiger partial charge in [0.1, 0.15) is 13.2 Å². The van der Waals surface area contributed by atoms with Gasteiger partial charge in [-0.05, 0) is 109 Å². The van der Waals surface area contributed by atoms with Gasteiger partial charge in [0.15, 0.2) is 0 Å². The maximum Gasteiger partial charge on any atom is 0.268 e.